The largest absolute Gasteiger partial charge is 0.378 e. The number of rotatable bonds is 9. The van der Waals surface area contributed by atoms with E-state index in [0.29, 0.717) is 12.7 Å². The first-order valence-electron chi connectivity index (χ1n) is 6.95. The van der Waals surface area contributed by atoms with Crippen LogP contribution < -0.4 is 0 Å². The van der Waals surface area contributed by atoms with Crippen LogP contribution in [0.3, 0.4) is 0 Å². The summed E-state index contributed by atoms with van der Waals surface area (Å²) in [6, 6.07) is 0. The molecular formula is C13H25ClO3S. The molecule has 5 heteroatoms. The van der Waals surface area contributed by atoms with Gasteiger partial charge in [0.1, 0.15) is 0 Å². The van der Waals surface area contributed by atoms with Crippen molar-refractivity contribution < 1.29 is 13.2 Å². The first-order valence-corrected chi connectivity index (χ1v) is 9.42. The zero-order valence-corrected chi connectivity index (χ0v) is 13.0. The van der Waals surface area contributed by atoms with Crippen LogP contribution in [0.25, 0.3) is 0 Å². The molecule has 0 aromatic carbocycles. The third-order valence-corrected chi connectivity index (χ3v) is 5.00. The van der Waals surface area contributed by atoms with Crippen molar-refractivity contribution in [3.05, 3.63) is 0 Å². The molecule has 18 heavy (non-hydrogen) atoms. The van der Waals surface area contributed by atoms with E-state index in [2.05, 4.69) is 13.8 Å². The highest BCUT2D eigenvalue weighted by molar-refractivity contribution is 8.13. The number of ether oxygens (including phenoxy) is 1. The summed E-state index contributed by atoms with van der Waals surface area (Å²) in [5.41, 5.74) is -0.292. The van der Waals surface area contributed by atoms with Crippen molar-refractivity contribution in [1.82, 2.24) is 0 Å². The average molecular weight is 297 g/mol. The van der Waals surface area contributed by atoms with E-state index in [1.807, 2.05) is 0 Å². The normalized spacial score (nSPS) is 17.7. The molecule has 0 amide bonds. The van der Waals surface area contributed by atoms with Gasteiger partial charge in [0.2, 0.25) is 9.05 Å². The number of hydrogen-bond acceptors (Lipinski definition) is 3. The van der Waals surface area contributed by atoms with Gasteiger partial charge in [-0.1, -0.05) is 26.7 Å². The van der Waals surface area contributed by atoms with E-state index < -0.39 is 9.05 Å². The Morgan fingerprint density at radius 1 is 1.22 bits per heavy atom. The molecular weight excluding hydrogens is 272 g/mol. The van der Waals surface area contributed by atoms with E-state index in [-0.39, 0.29) is 11.2 Å². The van der Waals surface area contributed by atoms with Crippen molar-refractivity contribution in [3.8, 4) is 0 Å². The third kappa shape index (κ3) is 5.45. The van der Waals surface area contributed by atoms with Crippen molar-refractivity contribution in [3.63, 3.8) is 0 Å². The molecule has 0 atom stereocenters. The van der Waals surface area contributed by atoms with Crippen LogP contribution in [0.5, 0.6) is 0 Å². The van der Waals surface area contributed by atoms with E-state index in [9.17, 15) is 8.42 Å². The maximum absolute atomic E-state index is 11.4. The van der Waals surface area contributed by atoms with Crippen molar-refractivity contribution >= 4 is 19.7 Å². The lowest BCUT2D eigenvalue weighted by Crippen LogP contribution is -2.36. The second kappa shape index (κ2) is 7.11. The predicted molar refractivity (Wildman–Crippen MR) is 75.5 cm³/mol. The lowest BCUT2D eigenvalue weighted by Gasteiger charge is -2.36. The van der Waals surface area contributed by atoms with Gasteiger partial charge in [0.15, 0.2) is 0 Å². The third-order valence-electron chi connectivity index (χ3n) is 3.72. The Kier molecular flexibility index (Phi) is 6.42. The van der Waals surface area contributed by atoms with E-state index in [1.54, 1.807) is 0 Å². The SMILES string of the molecule is CCCC(CCC)(COC1CCC1)CS(=O)(=O)Cl. The van der Waals surface area contributed by atoms with Crippen LogP contribution in [-0.2, 0) is 13.8 Å². The fourth-order valence-electron chi connectivity index (χ4n) is 2.71. The fourth-order valence-corrected chi connectivity index (χ4v) is 4.51. The minimum absolute atomic E-state index is 0.0377. The molecule has 0 N–H and O–H groups in total. The lowest BCUT2D eigenvalue weighted by atomic mass is 9.81. The van der Waals surface area contributed by atoms with Crippen LogP contribution in [0.2, 0.25) is 0 Å². The first kappa shape index (κ1) is 16.3. The Morgan fingerprint density at radius 3 is 2.11 bits per heavy atom. The van der Waals surface area contributed by atoms with E-state index in [0.717, 1.165) is 38.5 Å². The summed E-state index contributed by atoms with van der Waals surface area (Å²) in [7, 11) is 2.00. The molecule has 0 aromatic heterocycles. The first-order chi connectivity index (χ1) is 8.41. The summed E-state index contributed by atoms with van der Waals surface area (Å²) in [6.07, 6.45) is 7.44. The Bertz CT molecular complexity index is 330. The van der Waals surface area contributed by atoms with Gasteiger partial charge in [-0.2, -0.15) is 0 Å². The quantitative estimate of drug-likeness (QED) is 0.609. The molecule has 0 saturated heterocycles. The van der Waals surface area contributed by atoms with Crippen molar-refractivity contribution in [2.24, 2.45) is 5.41 Å². The topological polar surface area (TPSA) is 43.4 Å². The van der Waals surface area contributed by atoms with Crippen molar-refractivity contribution in [2.45, 2.75) is 64.9 Å². The van der Waals surface area contributed by atoms with Gasteiger partial charge < -0.3 is 4.74 Å². The Labute approximate surface area is 116 Å². The highest BCUT2D eigenvalue weighted by atomic mass is 35.7. The Hall–Kier alpha value is 0.200. The lowest BCUT2D eigenvalue weighted by molar-refractivity contribution is -0.0440. The predicted octanol–water partition coefficient (Wildman–Crippen LogP) is 3.71. The Morgan fingerprint density at radius 2 is 1.78 bits per heavy atom. The summed E-state index contributed by atoms with van der Waals surface area (Å²) in [4.78, 5) is 0. The molecule has 0 heterocycles. The molecule has 0 spiro atoms. The molecule has 0 aliphatic heterocycles. The molecule has 1 aliphatic rings. The molecule has 1 aliphatic carbocycles. The summed E-state index contributed by atoms with van der Waals surface area (Å²) < 4.78 is 28.7. The smallest absolute Gasteiger partial charge is 0.233 e. The van der Waals surface area contributed by atoms with Gasteiger partial charge in [-0.15, -0.1) is 0 Å². The summed E-state index contributed by atoms with van der Waals surface area (Å²) in [5.74, 6) is 0.0377. The monoisotopic (exact) mass is 296 g/mol. The minimum atomic E-state index is -3.47. The standard InChI is InChI=1S/C13H25ClO3S/c1-3-8-13(9-4-2,11-18(14,15)16)10-17-12-6-5-7-12/h12H,3-11H2,1-2H3. The average Bonchev–Trinajstić information content (AvgIpc) is 2.13. The van der Waals surface area contributed by atoms with Crippen molar-refractivity contribution in [2.75, 3.05) is 12.4 Å². The Balaban J connectivity index is 2.67. The molecule has 0 unspecified atom stereocenters. The highest BCUT2D eigenvalue weighted by Gasteiger charge is 2.35. The zero-order valence-electron chi connectivity index (χ0n) is 11.5. The van der Waals surface area contributed by atoms with Gasteiger partial charge in [0, 0.05) is 16.1 Å². The fraction of sp³-hybridized carbons (Fsp3) is 1.00. The zero-order chi connectivity index (χ0) is 13.6. The number of hydrogen-bond donors (Lipinski definition) is 0. The summed E-state index contributed by atoms with van der Waals surface area (Å²) >= 11 is 0. The van der Waals surface area contributed by atoms with E-state index >= 15 is 0 Å². The second-order valence-corrected chi connectivity index (χ2v) is 8.32. The van der Waals surface area contributed by atoms with Gasteiger partial charge in [-0.3, -0.25) is 0 Å². The van der Waals surface area contributed by atoms with Crippen LogP contribution in [0.15, 0.2) is 0 Å². The van der Waals surface area contributed by atoms with Gasteiger partial charge in [0.25, 0.3) is 0 Å². The van der Waals surface area contributed by atoms with Crippen LogP contribution in [-0.4, -0.2) is 26.9 Å². The summed E-state index contributed by atoms with van der Waals surface area (Å²) in [6.45, 7) is 4.69. The second-order valence-electron chi connectivity index (χ2n) is 5.55. The van der Waals surface area contributed by atoms with E-state index in [4.69, 9.17) is 15.4 Å². The molecule has 0 aromatic rings. The van der Waals surface area contributed by atoms with E-state index in [1.165, 1.54) is 6.42 Å². The van der Waals surface area contributed by atoms with Crippen LogP contribution >= 0.6 is 10.7 Å². The summed E-state index contributed by atoms with van der Waals surface area (Å²) in [5, 5.41) is 0. The van der Waals surface area contributed by atoms with Gasteiger partial charge in [0.05, 0.1) is 18.5 Å². The maximum Gasteiger partial charge on any atom is 0.233 e. The molecule has 1 saturated carbocycles. The van der Waals surface area contributed by atoms with Gasteiger partial charge in [-0.05, 0) is 32.1 Å². The van der Waals surface area contributed by atoms with Crippen LogP contribution in [0.1, 0.15) is 58.8 Å². The van der Waals surface area contributed by atoms with Gasteiger partial charge >= 0.3 is 0 Å². The minimum Gasteiger partial charge on any atom is -0.378 e. The molecule has 0 bridgehead atoms. The highest BCUT2D eigenvalue weighted by Crippen LogP contribution is 2.35. The molecule has 1 rings (SSSR count). The van der Waals surface area contributed by atoms with Crippen LogP contribution in [0.4, 0.5) is 0 Å². The van der Waals surface area contributed by atoms with Gasteiger partial charge in [-0.25, -0.2) is 8.42 Å². The number of halogens is 1. The molecule has 1 fully saturated rings. The molecule has 108 valence electrons. The van der Waals surface area contributed by atoms with Crippen LogP contribution in [0, 0.1) is 5.41 Å². The van der Waals surface area contributed by atoms with Crippen molar-refractivity contribution in [1.29, 1.82) is 0 Å². The maximum atomic E-state index is 11.4. The molecule has 0 radical (unpaired) electrons. The molecule has 3 nitrogen and oxygen atoms in total.